The molecule has 102 valence electrons. The molecule has 2 aromatic heterocycles. The van der Waals surface area contributed by atoms with E-state index in [1.165, 1.54) is 19.3 Å². The van der Waals surface area contributed by atoms with Crippen molar-refractivity contribution < 1.29 is 4.52 Å². The summed E-state index contributed by atoms with van der Waals surface area (Å²) in [5.41, 5.74) is 0.944. The Morgan fingerprint density at radius 1 is 1.42 bits per heavy atom. The molecule has 0 spiro atoms. The van der Waals surface area contributed by atoms with Gasteiger partial charge < -0.3 is 4.52 Å². The van der Waals surface area contributed by atoms with Crippen LogP contribution in [0.1, 0.15) is 30.7 Å². The second-order valence-corrected chi connectivity index (χ2v) is 5.17. The molecule has 3 heterocycles. The van der Waals surface area contributed by atoms with Gasteiger partial charge in [-0.1, -0.05) is 11.6 Å². The molecule has 0 N–H and O–H groups in total. The van der Waals surface area contributed by atoms with Gasteiger partial charge in [0.2, 0.25) is 0 Å². The molecule has 1 atom stereocenters. The molecule has 3 rings (SSSR count). The molecule has 1 fully saturated rings. The molecule has 6 nitrogen and oxygen atoms in total. The SMILES string of the molecule is Cc1cc(CN2CCCCC2Cn2cncn2)on1. The highest BCUT2D eigenvalue weighted by atomic mass is 16.5. The van der Waals surface area contributed by atoms with Crippen molar-refractivity contribution in [3.63, 3.8) is 0 Å². The fourth-order valence-corrected chi connectivity index (χ4v) is 2.71. The molecule has 1 unspecified atom stereocenters. The van der Waals surface area contributed by atoms with Crippen molar-refractivity contribution in [3.05, 3.63) is 30.2 Å². The average molecular weight is 261 g/mol. The second kappa shape index (κ2) is 5.52. The standard InChI is InChI=1S/C13H19N5O/c1-11-6-13(19-16-11)8-17-5-3-2-4-12(17)7-18-10-14-9-15-18/h6,9-10,12H,2-5,7-8H2,1H3. The fraction of sp³-hybridized carbons (Fsp3) is 0.615. The number of aryl methyl sites for hydroxylation is 1. The summed E-state index contributed by atoms with van der Waals surface area (Å²) in [4.78, 5) is 6.47. The minimum absolute atomic E-state index is 0.501. The van der Waals surface area contributed by atoms with Gasteiger partial charge in [0.25, 0.3) is 0 Å². The molecule has 1 aliphatic rings. The number of hydrogen-bond donors (Lipinski definition) is 0. The van der Waals surface area contributed by atoms with Crippen LogP contribution in [0, 0.1) is 6.92 Å². The lowest BCUT2D eigenvalue weighted by molar-refractivity contribution is 0.110. The maximum Gasteiger partial charge on any atom is 0.150 e. The lowest BCUT2D eigenvalue weighted by Gasteiger charge is -2.34. The molecule has 0 saturated carbocycles. The molecule has 0 aromatic carbocycles. The average Bonchev–Trinajstić information content (AvgIpc) is 3.04. The first-order valence-electron chi connectivity index (χ1n) is 6.80. The van der Waals surface area contributed by atoms with Crippen molar-refractivity contribution in [2.45, 2.75) is 45.3 Å². The molecular formula is C13H19N5O. The molecule has 0 bridgehead atoms. The van der Waals surface area contributed by atoms with Crippen molar-refractivity contribution >= 4 is 0 Å². The van der Waals surface area contributed by atoms with Crippen LogP contribution in [0.2, 0.25) is 0 Å². The third-order valence-corrected chi connectivity index (χ3v) is 3.65. The Bertz CT molecular complexity index is 507. The summed E-state index contributed by atoms with van der Waals surface area (Å²) < 4.78 is 7.24. The third-order valence-electron chi connectivity index (χ3n) is 3.65. The molecule has 0 radical (unpaired) electrons. The van der Waals surface area contributed by atoms with Crippen LogP contribution in [-0.4, -0.2) is 37.4 Å². The minimum Gasteiger partial charge on any atom is -0.360 e. The van der Waals surface area contributed by atoms with Crippen LogP contribution in [-0.2, 0) is 13.1 Å². The van der Waals surface area contributed by atoms with Crippen LogP contribution in [0.25, 0.3) is 0 Å². The van der Waals surface area contributed by atoms with E-state index in [0.717, 1.165) is 31.1 Å². The first-order chi connectivity index (χ1) is 9.31. The molecule has 2 aromatic rings. The molecule has 1 saturated heterocycles. The minimum atomic E-state index is 0.501. The van der Waals surface area contributed by atoms with Gasteiger partial charge in [0.15, 0.2) is 5.76 Å². The molecular weight excluding hydrogens is 242 g/mol. The Balaban J connectivity index is 1.66. The van der Waals surface area contributed by atoms with Crippen molar-refractivity contribution in [2.24, 2.45) is 0 Å². The van der Waals surface area contributed by atoms with Gasteiger partial charge in [-0.2, -0.15) is 5.10 Å². The molecule has 19 heavy (non-hydrogen) atoms. The van der Waals surface area contributed by atoms with Crippen molar-refractivity contribution in [3.8, 4) is 0 Å². The van der Waals surface area contributed by atoms with Crippen LogP contribution in [0.5, 0.6) is 0 Å². The summed E-state index contributed by atoms with van der Waals surface area (Å²) in [6, 6.07) is 2.52. The summed E-state index contributed by atoms with van der Waals surface area (Å²) in [6.07, 6.45) is 7.11. The van der Waals surface area contributed by atoms with Crippen molar-refractivity contribution in [1.29, 1.82) is 0 Å². The van der Waals surface area contributed by atoms with Gasteiger partial charge in [-0.05, 0) is 26.3 Å². The quantitative estimate of drug-likeness (QED) is 0.837. The van der Waals surface area contributed by atoms with E-state index in [-0.39, 0.29) is 0 Å². The largest absolute Gasteiger partial charge is 0.360 e. The first kappa shape index (κ1) is 12.3. The normalized spacial score (nSPS) is 20.8. The molecule has 1 aliphatic heterocycles. The molecule has 6 heteroatoms. The Kier molecular flexibility index (Phi) is 3.59. The highest BCUT2D eigenvalue weighted by Crippen LogP contribution is 2.21. The zero-order valence-corrected chi connectivity index (χ0v) is 11.2. The lowest BCUT2D eigenvalue weighted by atomic mass is 10.0. The number of hydrogen-bond acceptors (Lipinski definition) is 5. The Labute approximate surface area is 112 Å². The summed E-state index contributed by atoms with van der Waals surface area (Å²) in [5.74, 6) is 0.947. The number of nitrogens with zero attached hydrogens (tertiary/aromatic N) is 5. The number of likely N-dealkylation sites (tertiary alicyclic amines) is 1. The van der Waals surface area contributed by atoms with E-state index in [1.807, 2.05) is 17.7 Å². The highest BCUT2D eigenvalue weighted by molar-refractivity contribution is 5.03. The predicted molar refractivity (Wildman–Crippen MR) is 69.3 cm³/mol. The van der Waals surface area contributed by atoms with E-state index in [2.05, 4.69) is 20.1 Å². The van der Waals surface area contributed by atoms with E-state index < -0.39 is 0 Å². The fourth-order valence-electron chi connectivity index (χ4n) is 2.71. The van der Waals surface area contributed by atoms with Gasteiger partial charge in [-0.25, -0.2) is 4.98 Å². The third kappa shape index (κ3) is 3.01. The monoisotopic (exact) mass is 261 g/mol. The van der Waals surface area contributed by atoms with Gasteiger partial charge in [0.1, 0.15) is 12.7 Å². The van der Waals surface area contributed by atoms with Crippen LogP contribution < -0.4 is 0 Å². The Morgan fingerprint density at radius 2 is 2.37 bits per heavy atom. The van der Waals surface area contributed by atoms with E-state index in [9.17, 15) is 0 Å². The topological polar surface area (TPSA) is 60.0 Å². The van der Waals surface area contributed by atoms with Crippen molar-refractivity contribution in [1.82, 2.24) is 24.8 Å². The number of piperidine rings is 1. The lowest BCUT2D eigenvalue weighted by Crippen LogP contribution is -2.41. The maximum absolute atomic E-state index is 5.32. The first-order valence-corrected chi connectivity index (χ1v) is 6.80. The number of rotatable bonds is 4. The van der Waals surface area contributed by atoms with Gasteiger partial charge in [-0.3, -0.25) is 9.58 Å². The van der Waals surface area contributed by atoms with Gasteiger partial charge in [-0.15, -0.1) is 0 Å². The second-order valence-electron chi connectivity index (χ2n) is 5.17. The smallest absolute Gasteiger partial charge is 0.150 e. The van der Waals surface area contributed by atoms with Crippen molar-refractivity contribution in [2.75, 3.05) is 6.54 Å². The molecule has 0 amide bonds. The van der Waals surface area contributed by atoms with E-state index in [4.69, 9.17) is 4.52 Å². The van der Waals surface area contributed by atoms with E-state index >= 15 is 0 Å². The van der Waals surface area contributed by atoms with E-state index in [0.29, 0.717) is 6.04 Å². The molecule has 0 aliphatic carbocycles. The van der Waals surface area contributed by atoms with Crippen LogP contribution in [0.4, 0.5) is 0 Å². The van der Waals surface area contributed by atoms with Crippen LogP contribution in [0.3, 0.4) is 0 Å². The van der Waals surface area contributed by atoms with Gasteiger partial charge >= 0.3 is 0 Å². The summed E-state index contributed by atoms with van der Waals surface area (Å²) in [6.45, 7) is 4.79. The zero-order valence-electron chi connectivity index (χ0n) is 11.2. The summed E-state index contributed by atoms with van der Waals surface area (Å²) >= 11 is 0. The Morgan fingerprint density at radius 3 is 3.11 bits per heavy atom. The van der Waals surface area contributed by atoms with Gasteiger partial charge in [0.05, 0.1) is 18.8 Å². The van der Waals surface area contributed by atoms with E-state index in [1.54, 1.807) is 12.7 Å². The van der Waals surface area contributed by atoms with Crippen LogP contribution in [0.15, 0.2) is 23.2 Å². The predicted octanol–water partition coefficient (Wildman–Crippen LogP) is 1.63. The highest BCUT2D eigenvalue weighted by Gasteiger charge is 2.24. The summed E-state index contributed by atoms with van der Waals surface area (Å²) in [5, 5.41) is 8.15. The number of aromatic nitrogens is 4. The Hall–Kier alpha value is -1.69. The zero-order chi connectivity index (χ0) is 13.1. The summed E-state index contributed by atoms with van der Waals surface area (Å²) in [7, 11) is 0. The van der Waals surface area contributed by atoms with Gasteiger partial charge in [0, 0.05) is 12.1 Å². The maximum atomic E-state index is 5.32. The van der Waals surface area contributed by atoms with Crippen LogP contribution >= 0.6 is 0 Å².